The summed E-state index contributed by atoms with van der Waals surface area (Å²) in [6.45, 7) is 6.72. The summed E-state index contributed by atoms with van der Waals surface area (Å²) in [7, 11) is 1.91. The number of amides is 2. The largest absolute Gasteiger partial charge is 0.339 e. The van der Waals surface area contributed by atoms with Gasteiger partial charge in [0.15, 0.2) is 0 Å². The predicted molar refractivity (Wildman–Crippen MR) is 130 cm³/mol. The van der Waals surface area contributed by atoms with Crippen molar-refractivity contribution in [2.75, 3.05) is 12.4 Å². The Morgan fingerprint density at radius 2 is 1.97 bits per heavy atom. The van der Waals surface area contributed by atoms with Gasteiger partial charge in [0.05, 0.1) is 11.4 Å². The Hall–Kier alpha value is -3.40. The normalized spacial score (nSPS) is 21.2. The van der Waals surface area contributed by atoms with E-state index in [1.807, 2.05) is 32.0 Å². The van der Waals surface area contributed by atoms with Crippen molar-refractivity contribution in [3.63, 3.8) is 0 Å². The van der Waals surface area contributed by atoms with Gasteiger partial charge in [0.25, 0.3) is 5.91 Å². The number of hydrogen-bond donors (Lipinski definition) is 4. The van der Waals surface area contributed by atoms with Gasteiger partial charge in [-0.3, -0.25) is 19.3 Å². The summed E-state index contributed by atoms with van der Waals surface area (Å²) in [4.78, 5) is 30.8. The van der Waals surface area contributed by atoms with Crippen LogP contribution >= 0.6 is 0 Å². The zero-order chi connectivity index (χ0) is 24.2. The Bertz CT molecular complexity index is 1050. The van der Waals surface area contributed by atoms with Crippen LogP contribution in [0.4, 0.5) is 5.82 Å². The molecule has 1 atom stereocenters. The Morgan fingerprint density at radius 1 is 1.21 bits per heavy atom. The van der Waals surface area contributed by atoms with Crippen molar-refractivity contribution in [1.82, 2.24) is 36.1 Å². The van der Waals surface area contributed by atoms with Crippen molar-refractivity contribution in [3.05, 3.63) is 47.5 Å². The van der Waals surface area contributed by atoms with Gasteiger partial charge in [-0.2, -0.15) is 5.10 Å². The molecule has 0 radical (unpaired) electrons. The molecule has 1 aliphatic carbocycles. The fourth-order valence-electron chi connectivity index (χ4n) is 4.77. The fourth-order valence-corrected chi connectivity index (χ4v) is 4.77. The number of hydrogen-bond acceptors (Lipinski definition) is 7. The summed E-state index contributed by atoms with van der Waals surface area (Å²) in [5, 5.41) is 12.0. The quantitative estimate of drug-likeness (QED) is 0.495. The highest BCUT2D eigenvalue weighted by atomic mass is 16.2. The molecular weight excluding hydrogens is 432 g/mol. The van der Waals surface area contributed by atoms with Gasteiger partial charge >= 0.3 is 0 Å². The Morgan fingerprint density at radius 3 is 2.59 bits per heavy atom. The number of carbonyl (C=O) groups is 2. The van der Waals surface area contributed by atoms with Crippen molar-refractivity contribution in [2.24, 2.45) is 11.8 Å². The number of pyridine rings is 1. The van der Waals surface area contributed by atoms with E-state index in [0.29, 0.717) is 24.0 Å². The van der Waals surface area contributed by atoms with Gasteiger partial charge in [-0.05, 0) is 56.7 Å². The molecule has 182 valence electrons. The summed E-state index contributed by atoms with van der Waals surface area (Å²) < 4.78 is 1.63. The molecule has 2 aromatic rings. The highest BCUT2D eigenvalue weighted by Gasteiger charge is 2.33. The number of nitrogens with one attached hydrogen (secondary N) is 4. The van der Waals surface area contributed by atoms with Crippen LogP contribution in [0, 0.1) is 11.8 Å². The molecule has 2 aliphatic rings. The first-order valence-corrected chi connectivity index (χ1v) is 11.9. The second-order valence-corrected chi connectivity index (χ2v) is 9.19. The van der Waals surface area contributed by atoms with Crippen LogP contribution < -0.4 is 21.6 Å². The van der Waals surface area contributed by atoms with E-state index >= 15 is 0 Å². The zero-order valence-corrected chi connectivity index (χ0v) is 20.3. The first kappa shape index (κ1) is 23.7. The average Bonchev–Trinajstić information content (AvgIpc) is 3.45. The van der Waals surface area contributed by atoms with Gasteiger partial charge in [-0.15, -0.1) is 5.53 Å². The van der Waals surface area contributed by atoms with Crippen LogP contribution in [0.3, 0.4) is 0 Å². The molecule has 34 heavy (non-hydrogen) atoms. The number of carbonyl (C=O) groups excluding carboxylic acids is 2. The lowest BCUT2D eigenvalue weighted by molar-refractivity contribution is -0.119. The van der Waals surface area contributed by atoms with Gasteiger partial charge in [0.2, 0.25) is 5.91 Å². The predicted octanol–water partition coefficient (Wildman–Crippen LogP) is 2.50. The first-order valence-electron chi connectivity index (χ1n) is 11.9. The monoisotopic (exact) mass is 466 g/mol. The van der Waals surface area contributed by atoms with E-state index < -0.39 is 6.04 Å². The lowest BCUT2D eigenvalue weighted by atomic mass is 9.79. The lowest BCUT2D eigenvalue weighted by Gasteiger charge is -2.32. The molecule has 4 rings (SSSR count). The van der Waals surface area contributed by atoms with Crippen LogP contribution in [-0.2, 0) is 11.3 Å². The van der Waals surface area contributed by atoms with E-state index in [-0.39, 0.29) is 17.7 Å². The second-order valence-electron chi connectivity index (χ2n) is 9.19. The number of anilines is 1. The minimum absolute atomic E-state index is 0.0783. The number of aryl methyl sites for hydroxylation is 1. The summed E-state index contributed by atoms with van der Waals surface area (Å²) in [5.74, 6) is 0.646. The second kappa shape index (κ2) is 10.3. The third kappa shape index (κ3) is 5.06. The van der Waals surface area contributed by atoms with Crippen LogP contribution in [0.25, 0.3) is 5.70 Å². The molecule has 2 amide bonds. The zero-order valence-electron chi connectivity index (χ0n) is 20.3. The molecule has 4 N–H and O–H groups in total. The number of allylic oxidation sites excluding steroid dienone is 1. The van der Waals surface area contributed by atoms with E-state index in [0.717, 1.165) is 42.6 Å². The van der Waals surface area contributed by atoms with Crippen molar-refractivity contribution >= 4 is 23.3 Å². The Balaban J connectivity index is 1.50. The minimum atomic E-state index is -0.638. The molecule has 10 nitrogen and oxygen atoms in total. The lowest BCUT2D eigenvalue weighted by Crippen LogP contribution is -2.49. The van der Waals surface area contributed by atoms with E-state index in [1.165, 1.54) is 0 Å². The fraction of sp³-hybridized carbons (Fsp3) is 0.500. The number of aromatic nitrogens is 3. The maximum Gasteiger partial charge on any atom is 0.270 e. The van der Waals surface area contributed by atoms with E-state index in [2.05, 4.69) is 38.6 Å². The van der Waals surface area contributed by atoms with Crippen molar-refractivity contribution < 1.29 is 9.59 Å². The third-order valence-electron chi connectivity index (χ3n) is 6.74. The van der Waals surface area contributed by atoms with Crippen LogP contribution in [0.15, 0.2) is 36.3 Å². The average molecular weight is 467 g/mol. The van der Waals surface area contributed by atoms with Gasteiger partial charge in [0, 0.05) is 31.5 Å². The molecule has 1 aliphatic heterocycles. The molecule has 1 saturated carbocycles. The van der Waals surface area contributed by atoms with Crippen LogP contribution in [-0.4, -0.2) is 44.7 Å². The number of hydrazine groups is 2. The van der Waals surface area contributed by atoms with Crippen LogP contribution in [0.1, 0.15) is 62.5 Å². The Kier molecular flexibility index (Phi) is 7.16. The molecular formula is C24H34N8O2. The highest BCUT2D eigenvalue weighted by molar-refractivity contribution is 6.00. The number of rotatable bonds is 7. The highest BCUT2D eigenvalue weighted by Crippen LogP contribution is 2.31. The maximum atomic E-state index is 13.4. The summed E-state index contributed by atoms with van der Waals surface area (Å²) in [5.41, 5.74) is 9.45. The topological polar surface area (TPSA) is 116 Å². The molecule has 0 unspecified atom stereocenters. The Labute approximate surface area is 200 Å². The molecule has 0 saturated heterocycles. The smallest absolute Gasteiger partial charge is 0.270 e. The molecule has 1 fully saturated rings. The van der Waals surface area contributed by atoms with Gasteiger partial charge in [-0.25, -0.2) is 4.98 Å². The first-order chi connectivity index (χ1) is 16.4. The standard InChI is InChI=1S/C24H34N8O2/c1-5-32-19(12-13-26-32)23(33)28-21(17-8-6-15(2)7-9-17)24(34)27-20-11-10-18(14-25-20)22-16(3)29-30-31(22)4/h10-15,17,21,29-30H,5-9H2,1-4H3,(H,28,33)(H,25,27,34)/t15?,17?,21-/m0/s1. The van der Waals surface area contributed by atoms with Crippen LogP contribution in [0.2, 0.25) is 0 Å². The van der Waals surface area contributed by atoms with Gasteiger partial charge in [-0.1, -0.05) is 19.8 Å². The molecule has 0 bridgehead atoms. The molecule has 0 aromatic carbocycles. The summed E-state index contributed by atoms with van der Waals surface area (Å²) in [6, 6.07) is 4.74. The molecule has 2 aromatic heterocycles. The third-order valence-corrected chi connectivity index (χ3v) is 6.74. The SMILES string of the molecule is CCn1nccc1C(=O)N[C@H](C(=O)Nc1ccc(C2=C(C)NNN2C)cn1)C1CCC(C)CC1. The van der Waals surface area contributed by atoms with E-state index in [1.54, 1.807) is 29.2 Å². The van der Waals surface area contributed by atoms with Gasteiger partial charge < -0.3 is 16.1 Å². The molecule has 10 heteroatoms. The van der Waals surface area contributed by atoms with Gasteiger partial charge in [0.1, 0.15) is 17.6 Å². The molecule has 3 heterocycles. The maximum absolute atomic E-state index is 13.4. The van der Waals surface area contributed by atoms with E-state index in [4.69, 9.17) is 0 Å². The summed E-state index contributed by atoms with van der Waals surface area (Å²) >= 11 is 0. The summed E-state index contributed by atoms with van der Waals surface area (Å²) in [6.07, 6.45) is 7.24. The van der Waals surface area contributed by atoms with Crippen LogP contribution in [0.5, 0.6) is 0 Å². The number of nitrogens with zero attached hydrogens (tertiary/aromatic N) is 4. The van der Waals surface area contributed by atoms with E-state index in [9.17, 15) is 9.59 Å². The minimum Gasteiger partial charge on any atom is -0.339 e. The molecule has 0 spiro atoms. The van der Waals surface area contributed by atoms with Crippen molar-refractivity contribution in [3.8, 4) is 0 Å². The van der Waals surface area contributed by atoms with Crippen molar-refractivity contribution in [1.29, 1.82) is 0 Å². The van der Waals surface area contributed by atoms with Crippen molar-refractivity contribution in [2.45, 2.75) is 59.0 Å².